The molecule has 0 aromatic carbocycles. The number of nitrogens with two attached hydrogens (primary N) is 1. The molecule has 2 N–H and O–H groups in total. The minimum Gasteiger partial charge on any atom is -0.337 e. The number of aromatic nitrogens is 2. The molecule has 0 saturated heterocycles. The molecule has 1 aromatic heterocycles. The van der Waals surface area contributed by atoms with E-state index in [1.54, 1.807) is 0 Å². The first-order valence-electron chi connectivity index (χ1n) is 4.52. The predicted molar refractivity (Wildman–Crippen MR) is 47.5 cm³/mol. The van der Waals surface area contributed by atoms with Crippen molar-refractivity contribution in [2.45, 2.75) is 25.3 Å². The van der Waals surface area contributed by atoms with Gasteiger partial charge in [0.2, 0.25) is 0 Å². The van der Waals surface area contributed by atoms with Crippen molar-refractivity contribution in [1.29, 1.82) is 0 Å². The lowest BCUT2D eigenvalue weighted by Crippen LogP contribution is -2.28. The normalized spacial score (nSPS) is 20.5. The van der Waals surface area contributed by atoms with Gasteiger partial charge in [0.05, 0.1) is 6.04 Å². The Hall–Kier alpha value is -0.830. The fourth-order valence-corrected chi connectivity index (χ4v) is 1.71. The van der Waals surface area contributed by atoms with E-state index in [1.807, 2.05) is 24.0 Å². The van der Waals surface area contributed by atoms with E-state index in [0.717, 1.165) is 5.82 Å². The summed E-state index contributed by atoms with van der Waals surface area (Å²) in [5.41, 5.74) is 6.06. The summed E-state index contributed by atoms with van der Waals surface area (Å²) in [7, 11) is 2.00. The SMILES string of the molecule is Cn1ccnc1C(N)C1CCC1. The Kier molecular flexibility index (Phi) is 1.89. The van der Waals surface area contributed by atoms with E-state index in [-0.39, 0.29) is 6.04 Å². The van der Waals surface area contributed by atoms with Crippen LogP contribution in [0.5, 0.6) is 0 Å². The van der Waals surface area contributed by atoms with Crippen molar-refractivity contribution in [3.63, 3.8) is 0 Å². The van der Waals surface area contributed by atoms with E-state index in [2.05, 4.69) is 4.98 Å². The summed E-state index contributed by atoms with van der Waals surface area (Å²) < 4.78 is 2.02. The number of hydrogen-bond acceptors (Lipinski definition) is 2. The summed E-state index contributed by atoms with van der Waals surface area (Å²) in [4.78, 5) is 4.26. The third-order valence-corrected chi connectivity index (χ3v) is 2.81. The average molecular weight is 165 g/mol. The molecule has 0 amide bonds. The Labute approximate surface area is 72.6 Å². The van der Waals surface area contributed by atoms with Gasteiger partial charge in [-0.25, -0.2) is 4.98 Å². The molecule has 1 aliphatic rings. The summed E-state index contributed by atoms with van der Waals surface area (Å²) in [6.45, 7) is 0. The minimum absolute atomic E-state index is 0.152. The molecule has 1 atom stereocenters. The van der Waals surface area contributed by atoms with Gasteiger partial charge in [0, 0.05) is 19.4 Å². The molecule has 1 unspecified atom stereocenters. The lowest BCUT2D eigenvalue weighted by Gasteiger charge is -2.30. The zero-order valence-electron chi connectivity index (χ0n) is 7.40. The van der Waals surface area contributed by atoms with Crippen LogP contribution >= 0.6 is 0 Å². The predicted octanol–water partition coefficient (Wildman–Crippen LogP) is 1.22. The summed E-state index contributed by atoms with van der Waals surface area (Å²) in [5, 5.41) is 0. The Morgan fingerprint density at radius 3 is 2.83 bits per heavy atom. The minimum atomic E-state index is 0.152. The number of nitrogens with zero attached hydrogens (tertiary/aromatic N) is 2. The topological polar surface area (TPSA) is 43.8 Å². The molecular formula is C9H15N3. The van der Waals surface area contributed by atoms with Gasteiger partial charge >= 0.3 is 0 Å². The number of hydrogen-bond donors (Lipinski definition) is 1. The second kappa shape index (κ2) is 2.90. The van der Waals surface area contributed by atoms with Crippen molar-refractivity contribution in [1.82, 2.24) is 9.55 Å². The van der Waals surface area contributed by atoms with E-state index < -0.39 is 0 Å². The third-order valence-electron chi connectivity index (χ3n) is 2.81. The zero-order valence-corrected chi connectivity index (χ0v) is 7.40. The molecule has 1 saturated carbocycles. The third kappa shape index (κ3) is 1.14. The molecule has 3 heteroatoms. The number of rotatable bonds is 2. The van der Waals surface area contributed by atoms with Crippen molar-refractivity contribution >= 4 is 0 Å². The maximum Gasteiger partial charge on any atom is 0.125 e. The van der Waals surface area contributed by atoms with Gasteiger partial charge in [0.15, 0.2) is 0 Å². The monoisotopic (exact) mass is 165 g/mol. The first-order valence-corrected chi connectivity index (χ1v) is 4.52. The highest BCUT2D eigenvalue weighted by molar-refractivity contribution is 5.01. The quantitative estimate of drug-likeness (QED) is 0.716. The van der Waals surface area contributed by atoms with E-state index >= 15 is 0 Å². The highest BCUT2D eigenvalue weighted by Gasteiger charge is 2.27. The van der Waals surface area contributed by atoms with Crippen LogP contribution in [0.1, 0.15) is 31.1 Å². The van der Waals surface area contributed by atoms with Crippen LogP contribution in [0.3, 0.4) is 0 Å². The molecule has 1 heterocycles. The molecule has 0 radical (unpaired) electrons. The van der Waals surface area contributed by atoms with Crippen LogP contribution in [-0.4, -0.2) is 9.55 Å². The first kappa shape index (κ1) is 7.80. The Bertz CT molecular complexity index is 262. The molecule has 1 aromatic rings. The fraction of sp³-hybridized carbons (Fsp3) is 0.667. The van der Waals surface area contributed by atoms with E-state index in [9.17, 15) is 0 Å². The van der Waals surface area contributed by atoms with Crippen molar-refractivity contribution in [2.24, 2.45) is 18.7 Å². The molecule has 1 aliphatic carbocycles. The van der Waals surface area contributed by atoms with Crippen LogP contribution in [0, 0.1) is 5.92 Å². The maximum atomic E-state index is 6.06. The van der Waals surface area contributed by atoms with Gasteiger partial charge in [0.25, 0.3) is 0 Å². The largest absolute Gasteiger partial charge is 0.337 e. The van der Waals surface area contributed by atoms with Gasteiger partial charge < -0.3 is 10.3 Å². The van der Waals surface area contributed by atoms with E-state index in [4.69, 9.17) is 5.73 Å². The first-order chi connectivity index (χ1) is 5.79. The van der Waals surface area contributed by atoms with Gasteiger partial charge in [-0.15, -0.1) is 0 Å². The Morgan fingerprint density at radius 1 is 1.67 bits per heavy atom. The summed E-state index contributed by atoms with van der Waals surface area (Å²) in [6, 6.07) is 0.152. The maximum absolute atomic E-state index is 6.06. The molecule has 0 aliphatic heterocycles. The highest BCUT2D eigenvalue weighted by atomic mass is 15.1. The van der Waals surface area contributed by atoms with Crippen LogP contribution < -0.4 is 5.73 Å². The zero-order chi connectivity index (χ0) is 8.55. The van der Waals surface area contributed by atoms with Crippen LogP contribution in [0.25, 0.3) is 0 Å². The Balaban J connectivity index is 2.13. The Morgan fingerprint density at radius 2 is 2.42 bits per heavy atom. The van der Waals surface area contributed by atoms with Crippen LogP contribution in [-0.2, 0) is 7.05 Å². The molecule has 1 fully saturated rings. The molecule has 2 rings (SSSR count). The molecular weight excluding hydrogens is 150 g/mol. The average Bonchev–Trinajstić information content (AvgIpc) is 2.31. The molecule has 3 nitrogen and oxygen atoms in total. The molecule has 0 bridgehead atoms. The van der Waals surface area contributed by atoms with Crippen molar-refractivity contribution in [3.05, 3.63) is 18.2 Å². The van der Waals surface area contributed by atoms with Crippen LogP contribution in [0.15, 0.2) is 12.4 Å². The highest BCUT2D eigenvalue weighted by Crippen LogP contribution is 2.35. The summed E-state index contributed by atoms with van der Waals surface area (Å²) in [5.74, 6) is 1.70. The molecule has 12 heavy (non-hydrogen) atoms. The van der Waals surface area contributed by atoms with Gasteiger partial charge in [-0.3, -0.25) is 0 Å². The van der Waals surface area contributed by atoms with Gasteiger partial charge in [-0.2, -0.15) is 0 Å². The second-order valence-corrected chi connectivity index (χ2v) is 3.61. The lowest BCUT2D eigenvalue weighted by atomic mass is 9.80. The van der Waals surface area contributed by atoms with E-state index in [1.165, 1.54) is 19.3 Å². The second-order valence-electron chi connectivity index (χ2n) is 3.61. The van der Waals surface area contributed by atoms with Crippen LogP contribution in [0.2, 0.25) is 0 Å². The van der Waals surface area contributed by atoms with Crippen molar-refractivity contribution in [3.8, 4) is 0 Å². The standard InChI is InChI=1S/C9H15N3/c1-12-6-5-11-9(12)8(10)7-3-2-4-7/h5-8H,2-4,10H2,1H3. The molecule has 0 spiro atoms. The van der Waals surface area contributed by atoms with Gasteiger partial charge in [-0.1, -0.05) is 6.42 Å². The molecule has 66 valence electrons. The summed E-state index contributed by atoms with van der Waals surface area (Å²) in [6.07, 6.45) is 7.65. The lowest BCUT2D eigenvalue weighted by molar-refractivity contribution is 0.255. The smallest absolute Gasteiger partial charge is 0.125 e. The van der Waals surface area contributed by atoms with Crippen molar-refractivity contribution < 1.29 is 0 Å². The van der Waals surface area contributed by atoms with Gasteiger partial charge in [0.1, 0.15) is 5.82 Å². The van der Waals surface area contributed by atoms with Gasteiger partial charge in [-0.05, 0) is 18.8 Å². The summed E-state index contributed by atoms with van der Waals surface area (Å²) >= 11 is 0. The number of imidazole rings is 1. The van der Waals surface area contributed by atoms with Crippen LogP contribution in [0.4, 0.5) is 0 Å². The van der Waals surface area contributed by atoms with E-state index in [0.29, 0.717) is 5.92 Å². The van der Waals surface area contributed by atoms with Crippen molar-refractivity contribution in [2.75, 3.05) is 0 Å². The fourth-order valence-electron chi connectivity index (χ4n) is 1.71. The number of aryl methyl sites for hydroxylation is 1.